The topological polar surface area (TPSA) is 127 Å². The van der Waals surface area contributed by atoms with E-state index in [1.807, 2.05) is 6.92 Å². The normalized spacial score (nSPS) is 18.1. The Bertz CT molecular complexity index is 1350. The molecule has 12 heteroatoms. The lowest BCUT2D eigenvalue weighted by Crippen LogP contribution is -2.25. The van der Waals surface area contributed by atoms with Crippen molar-refractivity contribution in [2.24, 2.45) is 5.73 Å². The second-order valence-corrected chi connectivity index (χ2v) is 8.25. The fourth-order valence-corrected chi connectivity index (χ4v) is 4.39. The number of ether oxygens (including phenoxy) is 1. The SMILES string of the molecule is CCOC1CCC(n2ncc(-n3cc(-c4nc(C(N)=O)co4)cn3)c2-c2nc(F)ccc2F)CC1. The number of carbonyl (C=O) groups is 1. The van der Waals surface area contributed by atoms with E-state index in [-0.39, 0.29) is 29.4 Å². The Labute approximate surface area is 198 Å². The summed E-state index contributed by atoms with van der Waals surface area (Å²) in [6.07, 6.45) is 9.15. The van der Waals surface area contributed by atoms with Crippen LogP contribution < -0.4 is 5.73 Å². The van der Waals surface area contributed by atoms with Crippen molar-refractivity contribution in [2.75, 3.05) is 6.61 Å². The number of rotatable bonds is 7. The molecule has 0 aromatic carbocycles. The van der Waals surface area contributed by atoms with E-state index in [1.54, 1.807) is 10.9 Å². The molecule has 0 saturated heterocycles. The first-order valence-corrected chi connectivity index (χ1v) is 11.3. The van der Waals surface area contributed by atoms with Crippen LogP contribution in [-0.4, -0.2) is 48.1 Å². The van der Waals surface area contributed by atoms with Gasteiger partial charge in [-0.3, -0.25) is 9.48 Å². The van der Waals surface area contributed by atoms with Gasteiger partial charge in [0.2, 0.25) is 11.8 Å². The largest absolute Gasteiger partial charge is 0.444 e. The van der Waals surface area contributed by atoms with Crippen LogP contribution in [0.3, 0.4) is 0 Å². The summed E-state index contributed by atoms with van der Waals surface area (Å²) in [4.78, 5) is 19.2. The maximum atomic E-state index is 14.9. The second kappa shape index (κ2) is 9.37. The van der Waals surface area contributed by atoms with Crippen molar-refractivity contribution >= 4 is 5.91 Å². The summed E-state index contributed by atoms with van der Waals surface area (Å²) in [6, 6.07) is 1.97. The van der Waals surface area contributed by atoms with Crippen molar-refractivity contribution < 1.29 is 22.7 Å². The van der Waals surface area contributed by atoms with Crippen molar-refractivity contribution in [2.45, 2.75) is 44.8 Å². The number of primary amides is 1. The molecule has 1 aliphatic carbocycles. The Kier molecular flexibility index (Phi) is 6.12. The summed E-state index contributed by atoms with van der Waals surface area (Å²) in [5.74, 6) is -2.06. The van der Waals surface area contributed by atoms with Crippen LogP contribution >= 0.6 is 0 Å². The first kappa shape index (κ1) is 22.8. The first-order valence-electron chi connectivity index (χ1n) is 11.3. The molecule has 4 heterocycles. The number of aromatic nitrogens is 6. The average molecular weight is 483 g/mol. The number of nitrogens with zero attached hydrogens (tertiary/aromatic N) is 6. The van der Waals surface area contributed by atoms with Gasteiger partial charge in [-0.25, -0.2) is 19.0 Å². The summed E-state index contributed by atoms with van der Waals surface area (Å²) in [6.45, 7) is 2.62. The number of hydrogen-bond acceptors (Lipinski definition) is 7. The van der Waals surface area contributed by atoms with Gasteiger partial charge in [0.25, 0.3) is 5.91 Å². The molecular weight excluding hydrogens is 460 g/mol. The molecule has 0 radical (unpaired) electrons. The quantitative estimate of drug-likeness (QED) is 0.397. The average Bonchev–Trinajstić information content (AvgIpc) is 3.60. The van der Waals surface area contributed by atoms with Gasteiger partial charge in [0.15, 0.2) is 11.5 Å². The van der Waals surface area contributed by atoms with Crippen LogP contribution in [0.5, 0.6) is 0 Å². The maximum absolute atomic E-state index is 14.9. The van der Waals surface area contributed by atoms with Crippen LogP contribution in [0.1, 0.15) is 49.1 Å². The maximum Gasteiger partial charge on any atom is 0.270 e. The molecule has 0 spiro atoms. The van der Waals surface area contributed by atoms with Gasteiger partial charge >= 0.3 is 0 Å². The number of amides is 1. The lowest BCUT2D eigenvalue weighted by Gasteiger charge is -2.29. The molecule has 0 unspecified atom stereocenters. The van der Waals surface area contributed by atoms with Crippen LogP contribution in [0.15, 0.2) is 41.4 Å². The lowest BCUT2D eigenvalue weighted by molar-refractivity contribution is 0.0261. The number of carbonyl (C=O) groups excluding carboxylic acids is 1. The van der Waals surface area contributed by atoms with Gasteiger partial charge in [0, 0.05) is 12.8 Å². The molecule has 1 amide bonds. The first-order chi connectivity index (χ1) is 16.9. The molecule has 1 fully saturated rings. The van der Waals surface area contributed by atoms with Crippen LogP contribution in [0.2, 0.25) is 0 Å². The van der Waals surface area contributed by atoms with Gasteiger partial charge in [0.1, 0.15) is 23.3 Å². The third-order valence-corrected chi connectivity index (χ3v) is 6.04. The van der Waals surface area contributed by atoms with Crippen molar-refractivity contribution in [3.63, 3.8) is 0 Å². The predicted octanol–water partition coefficient (Wildman–Crippen LogP) is 3.68. The Morgan fingerprint density at radius 2 is 1.97 bits per heavy atom. The van der Waals surface area contributed by atoms with Crippen molar-refractivity contribution in [3.8, 4) is 28.5 Å². The highest BCUT2D eigenvalue weighted by atomic mass is 19.1. The van der Waals surface area contributed by atoms with Gasteiger partial charge in [-0.1, -0.05) is 0 Å². The summed E-state index contributed by atoms with van der Waals surface area (Å²) < 4.78 is 43.2. The molecule has 0 atom stereocenters. The lowest BCUT2D eigenvalue weighted by atomic mass is 9.92. The molecule has 0 bridgehead atoms. The van der Waals surface area contributed by atoms with Crippen LogP contribution in [0, 0.1) is 11.8 Å². The predicted molar refractivity (Wildman–Crippen MR) is 119 cm³/mol. The number of pyridine rings is 1. The van der Waals surface area contributed by atoms with Crippen molar-refractivity contribution in [3.05, 3.63) is 54.4 Å². The zero-order valence-electron chi connectivity index (χ0n) is 18.9. The molecule has 182 valence electrons. The van der Waals surface area contributed by atoms with E-state index in [1.165, 1.54) is 17.1 Å². The molecule has 35 heavy (non-hydrogen) atoms. The molecule has 1 saturated carbocycles. The zero-order valence-corrected chi connectivity index (χ0v) is 18.9. The highest BCUT2D eigenvalue weighted by Gasteiger charge is 2.29. The Balaban J connectivity index is 1.55. The Morgan fingerprint density at radius 3 is 2.69 bits per heavy atom. The third-order valence-electron chi connectivity index (χ3n) is 6.04. The van der Waals surface area contributed by atoms with E-state index >= 15 is 0 Å². The van der Waals surface area contributed by atoms with E-state index in [4.69, 9.17) is 14.9 Å². The van der Waals surface area contributed by atoms with Crippen molar-refractivity contribution in [1.82, 2.24) is 29.5 Å². The van der Waals surface area contributed by atoms with E-state index in [2.05, 4.69) is 20.2 Å². The number of nitrogens with two attached hydrogens (primary N) is 1. The Morgan fingerprint density at radius 1 is 1.17 bits per heavy atom. The Hall–Kier alpha value is -3.93. The number of hydrogen-bond donors (Lipinski definition) is 1. The van der Waals surface area contributed by atoms with Gasteiger partial charge in [-0.15, -0.1) is 0 Å². The van der Waals surface area contributed by atoms with E-state index in [0.717, 1.165) is 44.1 Å². The van der Waals surface area contributed by atoms with E-state index < -0.39 is 17.7 Å². The highest BCUT2D eigenvalue weighted by molar-refractivity contribution is 5.90. The smallest absolute Gasteiger partial charge is 0.270 e. The van der Waals surface area contributed by atoms with Crippen LogP contribution in [-0.2, 0) is 4.74 Å². The van der Waals surface area contributed by atoms with Gasteiger partial charge in [-0.2, -0.15) is 14.6 Å². The molecule has 1 aliphatic rings. The summed E-state index contributed by atoms with van der Waals surface area (Å²) >= 11 is 0. The zero-order chi connectivity index (χ0) is 24.5. The number of oxazole rings is 1. The molecule has 5 rings (SSSR count). The molecule has 4 aromatic rings. The van der Waals surface area contributed by atoms with E-state index in [9.17, 15) is 13.6 Å². The summed E-state index contributed by atoms with van der Waals surface area (Å²) in [5, 5.41) is 8.86. The fourth-order valence-electron chi connectivity index (χ4n) is 4.39. The minimum Gasteiger partial charge on any atom is -0.444 e. The van der Waals surface area contributed by atoms with Gasteiger partial charge in [0.05, 0.1) is 30.1 Å². The molecule has 4 aromatic heterocycles. The molecule has 0 aliphatic heterocycles. The summed E-state index contributed by atoms with van der Waals surface area (Å²) in [5.41, 5.74) is 6.23. The van der Waals surface area contributed by atoms with Crippen molar-refractivity contribution in [1.29, 1.82) is 0 Å². The van der Waals surface area contributed by atoms with E-state index in [0.29, 0.717) is 23.6 Å². The molecular formula is C23H23F2N7O3. The monoisotopic (exact) mass is 483 g/mol. The molecule has 2 N–H and O–H groups in total. The second-order valence-electron chi connectivity index (χ2n) is 8.25. The van der Waals surface area contributed by atoms with Crippen LogP contribution in [0.25, 0.3) is 28.5 Å². The van der Waals surface area contributed by atoms with Crippen LogP contribution in [0.4, 0.5) is 8.78 Å². The molecule has 10 nitrogen and oxygen atoms in total. The fraction of sp³-hybridized carbons (Fsp3) is 0.348. The minimum absolute atomic E-state index is 0.0186. The minimum atomic E-state index is -0.805. The van der Waals surface area contributed by atoms with Gasteiger partial charge < -0.3 is 14.9 Å². The highest BCUT2D eigenvalue weighted by Crippen LogP contribution is 2.36. The number of halogens is 2. The summed E-state index contributed by atoms with van der Waals surface area (Å²) in [7, 11) is 0. The van der Waals surface area contributed by atoms with Gasteiger partial charge in [-0.05, 0) is 44.7 Å². The third kappa shape index (κ3) is 4.44. The standard InChI is InChI=1S/C23H23F2N7O3/c1-2-34-15-5-3-14(4-6-15)32-21(20-16(24)7-8-19(25)30-20)18(10-28-32)31-11-13(9-27-31)23-29-17(12-35-23)22(26)33/h7-12,14-15H,2-6H2,1H3,(H2,26,33).